The van der Waals surface area contributed by atoms with Gasteiger partial charge in [0, 0.05) is 23.2 Å². The van der Waals surface area contributed by atoms with Crippen LogP contribution >= 0.6 is 35.6 Å². The Bertz CT molecular complexity index is 747. The van der Waals surface area contributed by atoms with Gasteiger partial charge >= 0.3 is 0 Å². The van der Waals surface area contributed by atoms with Gasteiger partial charge in [0.2, 0.25) is 0 Å². The molecule has 1 saturated carbocycles. The Hall–Kier alpha value is -1.13. The van der Waals surface area contributed by atoms with Gasteiger partial charge in [-0.25, -0.2) is 0 Å². The van der Waals surface area contributed by atoms with E-state index in [1.807, 2.05) is 36.4 Å². The molecule has 0 unspecified atom stereocenters. The Kier molecular flexibility index (Phi) is 9.73. The highest BCUT2D eigenvalue weighted by atomic mass is 35.5. The van der Waals surface area contributed by atoms with Crippen molar-refractivity contribution in [2.75, 3.05) is 7.11 Å². The molecule has 0 spiro atoms. The number of rotatable bonds is 7. The van der Waals surface area contributed by atoms with Gasteiger partial charge in [-0.1, -0.05) is 67.1 Å². The maximum atomic E-state index is 6.50. The van der Waals surface area contributed by atoms with Gasteiger partial charge in [-0.05, 0) is 36.6 Å². The zero-order chi connectivity index (χ0) is 19.1. The minimum absolute atomic E-state index is 0. The van der Waals surface area contributed by atoms with Gasteiger partial charge in [-0.2, -0.15) is 0 Å². The first-order valence-corrected chi connectivity index (χ1v) is 10.4. The van der Waals surface area contributed by atoms with E-state index in [2.05, 4.69) is 5.32 Å². The smallest absolute Gasteiger partial charge is 0.180 e. The van der Waals surface area contributed by atoms with E-state index < -0.39 is 0 Å². The maximum Gasteiger partial charge on any atom is 0.180 e. The third kappa shape index (κ3) is 6.45. The zero-order valence-electron chi connectivity index (χ0n) is 16.2. The topological polar surface area (TPSA) is 30.5 Å². The van der Waals surface area contributed by atoms with Gasteiger partial charge < -0.3 is 14.8 Å². The van der Waals surface area contributed by atoms with Crippen LogP contribution < -0.4 is 14.8 Å². The van der Waals surface area contributed by atoms with Crippen LogP contribution in [0.2, 0.25) is 10.0 Å². The lowest BCUT2D eigenvalue weighted by molar-refractivity contribution is 0.284. The summed E-state index contributed by atoms with van der Waals surface area (Å²) in [4.78, 5) is 0. The number of benzene rings is 2. The van der Waals surface area contributed by atoms with Crippen LogP contribution in [-0.2, 0) is 13.2 Å². The normalized spacial score (nSPS) is 14.8. The van der Waals surface area contributed by atoms with E-state index in [1.165, 1.54) is 38.5 Å². The summed E-state index contributed by atoms with van der Waals surface area (Å²) >= 11 is 12.7. The first kappa shape index (κ1) is 23.2. The predicted octanol–water partition coefficient (Wildman–Crippen LogP) is 6.82. The van der Waals surface area contributed by atoms with Crippen molar-refractivity contribution in [3.05, 3.63) is 57.6 Å². The molecule has 0 heterocycles. The molecular formula is C22H28Cl3NO2. The second-order valence-corrected chi connectivity index (χ2v) is 7.87. The van der Waals surface area contributed by atoms with Crippen LogP contribution in [0, 0.1) is 0 Å². The Labute approximate surface area is 184 Å². The second kappa shape index (κ2) is 11.8. The fraction of sp³-hybridized carbons (Fsp3) is 0.455. The first-order valence-electron chi connectivity index (χ1n) is 9.63. The molecule has 1 fully saturated rings. The SMILES string of the molecule is COc1cc(CNC2CCCCCC2)cc(Cl)c1OCc1ccccc1Cl.Cl. The zero-order valence-corrected chi connectivity index (χ0v) is 18.5. The average molecular weight is 445 g/mol. The van der Waals surface area contributed by atoms with Gasteiger partial charge in [-0.3, -0.25) is 0 Å². The molecule has 1 N–H and O–H groups in total. The number of hydrogen-bond acceptors (Lipinski definition) is 3. The lowest BCUT2D eigenvalue weighted by atomic mass is 10.1. The van der Waals surface area contributed by atoms with E-state index in [1.54, 1.807) is 7.11 Å². The van der Waals surface area contributed by atoms with Crippen molar-refractivity contribution in [1.29, 1.82) is 0 Å². The van der Waals surface area contributed by atoms with Crippen LogP contribution in [0.3, 0.4) is 0 Å². The molecule has 0 amide bonds. The standard InChI is InChI=1S/C22H27Cl2NO2.ClH/c1-26-21-13-16(14-25-18-9-4-2-3-5-10-18)12-20(24)22(21)27-15-17-8-6-7-11-19(17)23;/h6-8,11-13,18,25H,2-5,9-10,14-15H2,1H3;1H. The van der Waals surface area contributed by atoms with Gasteiger partial charge in [0.15, 0.2) is 11.5 Å². The molecule has 2 aromatic carbocycles. The predicted molar refractivity (Wildman–Crippen MR) is 119 cm³/mol. The van der Waals surface area contributed by atoms with Gasteiger partial charge in [0.1, 0.15) is 6.61 Å². The third-order valence-corrected chi connectivity index (χ3v) is 5.72. The van der Waals surface area contributed by atoms with E-state index in [4.69, 9.17) is 32.7 Å². The molecule has 0 radical (unpaired) electrons. The molecule has 1 aliphatic rings. The van der Waals surface area contributed by atoms with Crippen molar-refractivity contribution in [3.63, 3.8) is 0 Å². The lowest BCUT2D eigenvalue weighted by Crippen LogP contribution is -2.27. The molecule has 2 aromatic rings. The van der Waals surface area contributed by atoms with Crippen molar-refractivity contribution in [2.24, 2.45) is 0 Å². The summed E-state index contributed by atoms with van der Waals surface area (Å²) in [5, 5.41) is 4.90. The molecule has 28 heavy (non-hydrogen) atoms. The first-order chi connectivity index (χ1) is 13.2. The highest BCUT2D eigenvalue weighted by Crippen LogP contribution is 2.37. The third-order valence-electron chi connectivity index (χ3n) is 5.07. The Morgan fingerprint density at radius 3 is 2.39 bits per heavy atom. The fourth-order valence-electron chi connectivity index (χ4n) is 3.53. The van der Waals surface area contributed by atoms with E-state index in [9.17, 15) is 0 Å². The summed E-state index contributed by atoms with van der Waals surface area (Å²) in [7, 11) is 1.64. The highest BCUT2D eigenvalue weighted by Gasteiger charge is 2.15. The lowest BCUT2D eigenvalue weighted by Gasteiger charge is -2.18. The molecule has 6 heteroatoms. The van der Waals surface area contributed by atoms with Crippen molar-refractivity contribution in [3.8, 4) is 11.5 Å². The summed E-state index contributed by atoms with van der Waals surface area (Å²) in [5.74, 6) is 1.20. The van der Waals surface area contributed by atoms with Gasteiger partial charge in [0.25, 0.3) is 0 Å². The number of ether oxygens (including phenoxy) is 2. The van der Waals surface area contributed by atoms with Crippen LogP contribution in [0.15, 0.2) is 36.4 Å². The van der Waals surface area contributed by atoms with E-state index >= 15 is 0 Å². The van der Waals surface area contributed by atoms with Crippen molar-refractivity contribution < 1.29 is 9.47 Å². The quantitative estimate of drug-likeness (QED) is 0.475. The summed E-state index contributed by atoms with van der Waals surface area (Å²) in [6, 6.07) is 12.2. The molecular weight excluding hydrogens is 417 g/mol. The molecule has 0 bridgehead atoms. The molecule has 0 atom stereocenters. The molecule has 0 aliphatic heterocycles. The summed E-state index contributed by atoms with van der Waals surface area (Å²) in [6.45, 7) is 1.13. The summed E-state index contributed by atoms with van der Waals surface area (Å²) in [6.07, 6.45) is 7.85. The number of hydrogen-bond donors (Lipinski definition) is 1. The monoisotopic (exact) mass is 443 g/mol. The highest BCUT2D eigenvalue weighted by molar-refractivity contribution is 6.32. The minimum Gasteiger partial charge on any atom is -0.493 e. The van der Waals surface area contributed by atoms with Crippen molar-refractivity contribution in [1.82, 2.24) is 5.32 Å². The number of nitrogens with one attached hydrogen (secondary N) is 1. The summed E-state index contributed by atoms with van der Waals surface area (Å²) < 4.78 is 11.5. The van der Waals surface area contributed by atoms with Crippen LogP contribution in [0.25, 0.3) is 0 Å². The molecule has 0 aromatic heterocycles. The van der Waals surface area contributed by atoms with Crippen LogP contribution in [0.1, 0.15) is 49.7 Å². The maximum absolute atomic E-state index is 6.50. The summed E-state index contributed by atoms with van der Waals surface area (Å²) in [5.41, 5.74) is 2.02. The number of halogens is 3. The van der Waals surface area contributed by atoms with Gasteiger partial charge in [-0.15, -0.1) is 12.4 Å². The largest absolute Gasteiger partial charge is 0.493 e. The molecule has 1 aliphatic carbocycles. The molecule has 154 valence electrons. The molecule has 3 nitrogen and oxygen atoms in total. The van der Waals surface area contributed by atoms with Crippen LogP contribution in [-0.4, -0.2) is 13.2 Å². The van der Waals surface area contributed by atoms with Gasteiger partial charge in [0.05, 0.1) is 12.1 Å². The molecule has 0 saturated heterocycles. The van der Waals surface area contributed by atoms with Crippen LogP contribution in [0.5, 0.6) is 11.5 Å². The minimum atomic E-state index is 0. The van der Waals surface area contributed by atoms with Crippen molar-refractivity contribution >= 4 is 35.6 Å². The second-order valence-electron chi connectivity index (χ2n) is 7.06. The Balaban J connectivity index is 0.00000280. The average Bonchev–Trinajstić information content (AvgIpc) is 2.95. The Morgan fingerprint density at radius 2 is 1.71 bits per heavy atom. The van der Waals surface area contributed by atoms with E-state index in [0.29, 0.717) is 34.2 Å². The fourth-order valence-corrected chi connectivity index (χ4v) is 4.00. The number of methoxy groups -OCH3 is 1. The van der Waals surface area contributed by atoms with E-state index in [-0.39, 0.29) is 12.4 Å². The Morgan fingerprint density at radius 1 is 1.00 bits per heavy atom. The van der Waals surface area contributed by atoms with Crippen molar-refractivity contribution in [2.45, 2.75) is 57.7 Å². The van der Waals surface area contributed by atoms with E-state index in [0.717, 1.165) is 17.7 Å². The molecule has 3 rings (SSSR count). The van der Waals surface area contributed by atoms with Crippen LogP contribution in [0.4, 0.5) is 0 Å².